The van der Waals surface area contributed by atoms with E-state index >= 15 is 0 Å². The predicted molar refractivity (Wildman–Crippen MR) is 73.4 cm³/mol. The maximum atomic E-state index is 12.3. The molecule has 2 rings (SSSR count). The molecule has 0 radical (unpaired) electrons. The van der Waals surface area contributed by atoms with E-state index in [2.05, 4.69) is 14.7 Å². The third kappa shape index (κ3) is 2.74. The smallest absolute Gasteiger partial charge is 0.352 e. The molecule has 20 heavy (non-hydrogen) atoms. The Morgan fingerprint density at radius 1 is 1.50 bits per heavy atom. The van der Waals surface area contributed by atoms with Crippen molar-refractivity contribution in [2.45, 2.75) is 25.3 Å². The Morgan fingerprint density at radius 3 is 2.70 bits per heavy atom. The number of sulfonamides is 1. The second-order valence-electron chi connectivity index (χ2n) is 4.19. The monoisotopic (exact) mass is 315 g/mol. The van der Waals surface area contributed by atoms with Gasteiger partial charge in [-0.05, 0) is 13.8 Å². The first-order chi connectivity index (χ1) is 9.33. The molecule has 108 valence electrons. The Bertz CT molecular complexity index is 732. The molecule has 0 saturated carbocycles. The number of H-pyrrole nitrogens is 1. The molecule has 0 aliphatic carbocycles. The molecule has 0 unspecified atom stereocenters. The highest BCUT2D eigenvalue weighted by molar-refractivity contribution is 7.89. The maximum absolute atomic E-state index is 12.3. The summed E-state index contributed by atoms with van der Waals surface area (Å²) in [6.45, 7) is 3.06. The van der Waals surface area contributed by atoms with Crippen molar-refractivity contribution in [1.29, 1.82) is 0 Å². The van der Waals surface area contributed by atoms with Crippen molar-refractivity contribution in [2.75, 3.05) is 0 Å². The minimum Gasteiger partial charge on any atom is -0.477 e. The van der Waals surface area contributed by atoms with Crippen LogP contribution in [0.1, 0.15) is 27.4 Å². The third-order valence-electron chi connectivity index (χ3n) is 2.78. The molecule has 3 N–H and O–H groups in total. The van der Waals surface area contributed by atoms with E-state index in [1.807, 2.05) is 0 Å². The summed E-state index contributed by atoms with van der Waals surface area (Å²) in [5.41, 5.74) is 2.60. The summed E-state index contributed by atoms with van der Waals surface area (Å²) in [6.07, 6.45) is 0. The molecule has 0 bridgehead atoms. The minimum absolute atomic E-state index is 0.0230. The van der Waals surface area contributed by atoms with Crippen molar-refractivity contribution < 1.29 is 18.3 Å². The zero-order valence-electron chi connectivity index (χ0n) is 10.8. The molecule has 0 aliphatic rings. The van der Waals surface area contributed by atoms with Gasteiger partial charge in [-0.15, -0.1) is 11.3 Å². The number of nitrogens with one attached hydrogen (secondary N) is 2. The van der Waals surface area contributed by atoms with E-state index in [1.165, 1.54) is 25.2 Å². The van der Waals surface area contributed by atoms with Crippen LogP contribution in [0.25, 0.3) is 0 Å². The quantitative estimate of drug-likeness (QED) is 0.769. The molecule has 0 fully saturated rings. The van der Waals surface area contributed by atoms with Crippen LogP contribution in [-0.4, -0.2) is 29.5 Å². The van der Waals surface area contributed by atoms with Gasteiger partial charge in [0.25, 0.3) is 0 Å². The van der Waals surface area contributed by atoms with Gasteiger partial charge in [-0.3, -0.25) is 0 Å². The molecule has 9 heteroatoms. The van der Waals surface area contributed by atoms with Gasteiger partial charge in [0.1, 0.15) is 10.6 Å². The van der Waals surface area contributed by atoms with Crippen LogP contribution in [0.4, 0.5) is 0 Å². The largest absolute Gasteiger partial charge is 0.477 e. The van der Waals surface area contributed by atoms with Crippen molar-refractivity contribution in [3.05, 3.63) is 33.5 Å². The average Bonchev–Trinajstić information content (AvgIpc) is 2.95. The van der Waals surface area contributed by atoms with Crippen LogP contribution < -0.4 is 4.72 Å². The lowest BCUT2D eigenvalue weighted by atomic mass is 10.2. The lowest BCUT2D eigenvalue weighted by Crippen LogP contribution is -2.24. The van der Waals surface area contributed by atoms with Gasteiger partial charge in [-0.1, -0.05) is 0 Å². The van der Waals surface area contributed by atoms with E-state index in [0.29, 0.717) is 11.4 Å². The van der Waals surface area contributed by atoms with E-state index in [4.69, 9.17) is 5.11 Å². The summed E-state index contributed by atoms with van der Waals surface area (Å²) in [5.74, 6) is -1.19. The molecule has 0 saturated heterocycles. The van der Waals surface area contributed by atoms with E-state index in [1.54, 1.807) is 10.9 Å². The molecule has 0 atom stereocenters. The molecule has 2 heterocycles. The van der Waals surface area contributed by atoms with Crippen LogP contribution in [0.3, 0.4) is 0 Å². The number of carboxylic acid groups (broad SMARTS) is 1. The molecule has 0 spiro atoms. The summed E-state index contributed by atoms with van der Waals surface area (Å²) in [4.78, 5) is 17.5. The van der Waals surface area contributed by atoms with Crippen LogP contribution >= 0.6 is 11.3 Å². The van der Waals surface area contributed by atoms with Crippen molar-refractivity contribution in [3.8, 4) is 0 Å². The number of aromatic amines is 1. The highest BCUT2D eigenvalue weighted by atomic mass is 32.2. The number of carboxylic acids is 1. The molecule has 0 aliphatic heterocycles. The summed E-state index contributed by atoms with van der Waals surface area (Å²) >= 11 is 1.37. The third-order valence-corrected chi connectivity index (χ3v) is 5.09. The topological polar surface area (TPSA) is 112 Å². The average molecular weight is 315 g/mol. The van der Waals surface area contributed by atoms with Gasteiger partial charge < -0.3 is 10.1 Å². The first-order valence-electron chi connectivity index (χ1n) is 5.62. The van der Waals surface area contributed by atoms with Crippen molar-refractivity contribution in [3.63, 3.8) is 0 Å². The summed E-state index contributed by atoms with van der Waals surface area (Å²) in [6, 6.07) is 0. The fourth-order valence-electron chi connectivity index (χ4n) is 1.92. The molecule has 2 aromatic rings. The Hall–Kier alpha value is -1.71. The molecular formula is C11H13N3O4S2. The molecule has 0 aromatic carbocycles. The van der Waals surface area contributed by atoms with Gasteiger partial charge in [0.05, 0.1) is 17.7 Å². The first kappa shape index (κ1) is 14.7. The summed E-state index contributed by atoms with van der Waals surface area (Å²) < 4.78 is 26.9. The zero-order chi connectivity index (χ0) is 14.9. The van der Waals surface area contributed by atoms with Crippen LogP contribution in [0.2, 0.25) is 0 Å². The lowest BCUT2D eigenvalue weighted by Gasteiger charge is -2.06. The lowest BCUT2D eigenvalue weighted by molar-refractivity contribution is 0.0690. The fraction of sp³-hybridized carbons (Fsp3) is 0.273. The van der Waals surface area contributed by atoms with Gasteiger partial charge >= 0.3 is 5.97 Å². The van der Waals surface area contributed by atoms with Crippen molar-refractivity contribution >= 4 is 27.3 Å². The fourth-order valence-corrected chi connectivity index (χ4v) is 3.92. The Kier molecular flexibility index (Phi) is 3.93. The Balaban J connectivity index is 2.32. The van der Waals surface area contributed by atoms with Crippen LogP contribution in [-0.2, 0) is 16.6 Å². The highest BCUT2D eigenvalue weighted by Gasteiger charge is 2.26. The number of thiazole rings is 1. The first-order valence-corrected chi connectivity index (χ1v) is 8.04. The van der Waals surface area contributed by atoms with Gasteiger partial charge in [0.2, 0.25) is 10.0 Å². The zero-order valence-corrected chi connectivity index (χ0v) is 12.4. The normalized spacial score (nSPS) is 11.7. The van der Waals surface area contributed by atoms with E-state index in [0.717, 1.165) is 0 Å². The summed E-state index contributed by atoms with van der Waals surface area (Å²) in [7, 11) is -3.79. The second-order valence-corrected chi connectivity index (χ2v) is 6.61. The van der Waals surface area contributed by atoms with Gasteiger partial charge in [-0.2, -0.15) is 0 Å². The van der Waals surface area contributed by atoms with E-state index < -0.39 is 16.0 Å². The van der Waals surface area contributed by atoms with E-state index in [9.17, 15) is 13.2 Å². The van der Waals surface area contributed by atoms with Gasteiger partial charge in [-0.25, -0.2) is 22.9 Å². The molecular weight excluding hydrogens is 302 g/mol. The number of hydrogen-bond donors (Lipinski definition) is 3. The van der Waals surface area contributed by atoms with Crippen LogP contribution in [0.5, 0.6) is 0 Å². The maximum Gasteiger partial charge on any atom is 0.352 e. The molecule has 0 amide bonds. The van der Waals surface area contributed by atoms with E-state index in [-0.39, 0.29) is 22.7 Å². The molecule has 2 aromatic heterocycles. The minimum atomic E-state index is -3.79. The number of aryl methyl sites for hydroxylation is 1. The Labute approximate surface area is 119 Å². The van der Waals surface area contributed by atoms with Gasteiger partial charge in [0, 0.05) is 16.6 Å². The SMILES string of the molecule is Cc1[nH]c(C(=O)O)c(C)c1S(=O)(=O)NCc1cscn1. The number of hydrogen-bond acceptors (Lipinski definition) is 5. The number of aromatic carboxylic acids is 1. The number of rotatable bonds is 5. The van der Waals surface area contributed by atoms with Crippen molar-refractivity contribution in [1.82, 2.24) is 14.7 Å². The number of carbonyl (C=O) groups is 1. The van der Waals surface area contributed by atoms with Crippen LogP contribution in [0.15, 0.2) is 15.8 Å². The number of aromatic nitrogens is 2. The van der Waals surface area contributed by atoms with Gasteiger partial charge in [0.15, 0.2) is 0 Å². The predicted octanol–water partition coefficient (Wildman–Crippen LogP) is 1.26. The Morgan fingerprint density at radius 2 is 2.20 bits per heavy atom. The van der Waals surface area contributed by atoms with Crippen molar-refractivity contribution in [2.24, 2.45) is 0 Å². The molecule has 7 nitrogen and oxygen atoms in total. The van der Waals surface area contributed by atoms with Crippen LogP contribution in [0, 0.1) is 13.8 Å². The standard InChI is InChI=1S/C11H13N3O4S2/c1-6-9(11(15)16)14-7(2)10(6)20(17,18)13-3-8-4-19-5-12-8/h4-5,13-14H,3H2,1-2H3,(H,15,16). The summed E-state index contributed by atoms with van der Waals surface area (Å²) in [5, 5.41) is 10.7. The number of nitrogens with zero attached hydrogens (tertiary/aromatic N) is 1. The highest BCUT2D eigenvalue weighted by Crippen LogP contribution is 2.23. The second kappa shape index (κ2) is 5.35.